The first-order valence-corrected chi connectivity index (χ1v) is 12.2. The molecular formula is C26H32N8O. The van der Waals surface area contributed by atoms with E-state index in [-0.39, 0.29) is 17.2 Å². The van der Waals surface area contributed by atoms with Crippen LogP contribution in [0.3, 0.4) is 0 Å². The summed E-state index contributed by atoms with van der Waals surface area (Å²) in [5.41, 5.74) is 1.99. The Morgan fingerprint density at radius 1 is 1.11 bits per heavy atom. The summed E-state index contributed by atoms with van der Waals surface area (Å²) in [7, 11) is 3.62. The summed E-state index contributed by atoms with van der Waals surface area (Å²) < 4.78 is 0. The van der Waals surface area contributed by atoms with E-state index in [1.807, 2.05) is 37.4 Å². The molecule has 2 aliphatic rings. The monoisotopic (exact) mass is 472 g/mol. The fourth-order valence-corrected chi connectivity index (χ4v) is 5.45. The van der Waals surface area contributed by atoms with E-state index in [0.29, 0.717) is 17.5 Å². The molecule has 0 radical (unpaired) electrons. The summed E-state index contributed by atoms with van der Waals surface area (Å²) in [4.78, 5) is 33.1. The van der Waals surface area contributed by atoms with Crippen LogP contribution in [0.25, 0.3) is 11.4 Å². The maximum atomic E-state index is 12.4. The molecule has 0 aromatic carbocycles. The van der Waals surface area contributed by atoms with Crippen LogP contribution in [0.15, 0.2) is 48.9 Å². The number of amides is 1. The quantitative estimate of drug-likeness (QED) is 0.497. The molecule has 4 heterocycles. The third kappa shape index (κ3) is 5.03. The van der Waals surface area contributed by atoms with Crippen LogP contribution >= 0.6 is 0 Å². The van der Waals surface area contributed by atoms with E-state index in [0.717, 1.165) is 62.3 Å². The number of nitrogens with zero attached hydrogens (tertiary/aromatic N) is 5. The second-order valence-corrected chi connectivity index (χ2v) is 9.56. The molecule has 9 heteroatoms. The van der Waals surface area contributed by atoms with Gasteiger partial charge in [-0.05, 0) is 49.3 Å². The standard InChI is InChI=1S/C26H32N8O/c1-27-20-7-11-30-21(13-20)31-22-14-23(33-24(32-22)19-6-4-10-29-16-19)34-12-9-26(17-34)8-3-5-18(15-26)25(35)28-2/h4,6-7,10-11,13-14,16,18H,3,5,8-9,12,15,17H2,1-2H3,(H,28,35)(H2,27,30,31,32,33). The van der Waals surface area contributed by atoms with E-state index in [1.165, 1.54) is 0 Å². The average molecular weight is 473 g/mol. The molecule has 5 rings (SSSR count). The lowest BCUT2D eigenvalue weighted by Crippen LogP contribution is -2.38. The number of anilines is 4. The number of carbonyl (C=O) groups is 1. The second-order valence-electron chi connectivity index (χ2n) is 9.56. The molecule has 182 valence electrons. The van der Waals surface area contributed by atoms with Crippen molar-refractivity contribution in [2.24, 2.45) is 11.3 Å². The van der Waals surface area contributed by atoms with Gasteiger partial charge in [0, 0.05) is 75.1 Å². The Kier molecular flexibility index (Phi) is 6.48. The van der Waals surface area contributed by atoms with Crippen molar-refractivity contribution in [2.75, 3.05) is 42.7 Å². The van der Waals surface area contributed by atoms with Crippen molar-refractivity contribution in [3.05, 3.63) is 48.9 Å². The van der Waals surface area contributed by atoms with E-state index in [2.05, 4.69) is 30.8 Å². The molecule has 9 nitrogen and oxygen atoms in total. The van der Waals surface area contributed by atoms with Crippen molar-refractivity contribution in [3.63, 3.8) is 0 Å². The van der Waals surface area contributed by atoms with Crippen LogP contribution in [0, 0.1) is 11.3 Å². The first-order chi connectivity index (χ1) is 17.1. The minimum absolute atomic E-state index is 0.104. The lowest BCUT2D eigenvalue weighted by Gasteiger charge is -2.37. The van der Waals surface area contributed by atoms with Crippen molar-refractivity contribution < 1.29 is 4.79 Å². The summed E-state index contributed by atoms with van der Waals surface area (Å²) >= 11 is 0. The minimum atomic E-state index is 0.104. The molecule has 3 aromatic heterocycles. The summed E-state index contributed by atoms with van der Waals surface area (Å²) in [6, 6.07) is 9.71. The second kappa shape index (κ2) is 9.85. The largest absolute Gasteiger partial charge is 0.388 e. The Balaban J connectivity index is 1.44. The highest BCUT2D eigenvalue weighted by atomic mass is 16.1. The predicted molar refractivity (Wildman–Crippen MR) is 138 cm³/mol. The molecule has 1 aliphatic carbocycles. The molecule has 3 aromatic rings. The average Bonchev–Trinajstić information content (AvgIpc) is 3.31. The number of pyridine rings is 2. The van der Waals surface area contributed by atoms with Gasteiger partial charge in [0.1, 0.15) is 17.5 Å². The van der Waals surface area contributed by atoms with Gasteiger partial charge in [-0.1, -0.05) is 6.42 Å². The van der Waals surface area contributed by atoms with E-state index >= 15 is 0 Å². The number of nitrogens with one attached hydrogen (secondary N) is 3. The van der Waals surface area contributed by atoms with Gasteiger partial charge in [-0.2, -0.15) is 0 Å². The van der Waals surface area contributed by atoms with Gasteiger partial charge in [-0.25, -0.2) is 15.0 Å². The molecule has 1 saturated heterocycles. The predicted octanol–water partition coefficient (Wildman–Crippen LogP) is 3.85. The highest BCUT2D eigenvalue weighted by Crippen LogP contribution is 2.47. The molecule has 2 unspecified atom stereocenters. The van der Waals surface area contributed by atoms with Crippen molar-refractivity contribution in [2.45, 2.75) is 32.1 Å². The van der Waals surface area contributed by atoms with Gasteiger partial charge >= 0.3 is 0 Å². The van der Waals surface area contributed by atoms with E-state index in [9.17, 15) is 4.79 Å². The summed E-state index contributed by atoms with van der Waals surface area (Å²) in [5, 5.41) is 9.34. The highest BCUT2D eigenvalue weighted by Gasteiger charge is 2.43. The Labute approximate surface area is 205 Å². The molecule has 1 saturated carbocycles. The van der Waals surface area contributed by atoms with Gasteiger partial charge in [0.15, 0.2) is 5.82 Å². The maximum absolute atomic E-state index is 12.4. The van der Waals surface area contributed by atoms with Crippen LogP contribution in [-0.4, -0.2) is 53.0 Å². The smallest absolute Gasteiger partial charge is 0.222 e. The van der Waals surface area contributed by atoms with Gasteiger partial charge < -0.3 is 20.9 Å². The Bertz CT molecular complexity index is 1190. The van der Waals surface area contributed by atoms with Crippen molar-refractivity contribution >= 4 is 29.0 Å². The summed E-state index contributed by atoms with van der Waals surface area (Å²) in [6.07, 6.45) is 10.5. The first-order valence-electron chi connectivity index (χ1n) is 12.2. The van der Waals surface area contributed by atoms with Crippen LogP contribution in [0.4, 0.5) is 23.1 Å². The molecule has 1 spiro atoms. The van der Waals surface area contributed by atoms with Crippen molar-refractivity contribution in [1.29, 1.82) is 0 Å². The number of hydrogen-bond acceptors (Lipinski definition) is 8. The highest BCUT2D eigenvalue weighted by molar-refractivity contribution is 5.78. The molecular weight excluding hydrogens is 440 g/mol. The number of rotatable bonds is 6. The molecule has 2 fully saturated rings. The zero-order valence-corrected chi connectivity index (χ0v) is 20.3. The van der Waals surface area contributed by atoms with Gasteiger partial charge in [-0.3, -0.25) is 9.78 Å². The normalized spacial score (nSPS) is 21.7. The van der Waals surface area contributed by atoms with E-state index < -0.39 is 0 Å². The molecule has 2 atom stereocenters. The molecule has 1 amide bonds. The zero-order chi connectivity index (χ0) is 24.3. The van der Waals surface area contributed by atoms with Gasteiger partial charge in [0.25, 0.3) is 0 Å². The van der Waals surface area contributed by atoms with Crippen molar-refractivity contribution in [3.8, 4) is 11.4 Å². The SMILES string of the molecule is CNC(=O)C1CCCC2(CCN(c3cc(Nc4cc(NC)ccn4)nc(-c4cccnc4)n3)C2)C1. The van der Waals surface area contributed by atoms with Gasteiger partial charge in [0.05, 0.1) is 0 Å². The minimum Gasteiger partial charge on any atom is -0.388 e. The zero-order valence-electron chi connectivity index (χ0n) is 20.3. The fourth-order valence-electron chi connectivity index (χ4n) is 5.45. The molecule has 1 aliphatic heterocycles. The first kappa shape index (κ1) is 23.0. The van der Waals surface area contributed by atoms with Crippen LogP contribution < -0.4 is 20.9 Å². The van der Waals surface area contributed by atoms with Gasteiger partial charge in [-0.15, -0.1) is 0 Å². The van der Waals surface area contributed by atoms with Crippen molar-refractivity contribution in [1.82, 2.24) is 25.3 Å². The number of hydrogen-bond donors (Lipinski definition) is 3. The maximum Gasteiger partial charge on any atom is 0.222 e. The lowest BCUT2D eigenvalue weighted by molar-refractivity contribution is -0.126. The van der Waals surface area contributed by atoms with Crippen LogP contribution in [0.1, 0.15) is 32.1 Å². The van der Waals surface area contributed by atoms with Crippen LogP contribution in [0.2, 0.25) is 0 Å². The molecule has 3 N–H and O–H groups in total. The van der Waals surface area contributed by atoms with Gasteiger partial charge in [0.2, 0.25) is 5.91 Å². The Hall–Kier alpha value is -3.75. The van der Waals surface area contributed by atoms with E-state index in [4.69, 9.17) is 9.97 Å². The number of carbonyl (C=O) groups excluding carboxylic acids is 1. The third-order valence-corrected chi connectivity index (χ3v) is 7.26. The topological polar surface area (TPSA) is 108 Å². The lowest BCUT2D eigenvalue weighted by atomic mass is 9.69. The Morgan fingerprint density at radius 2 is 2.03 bits per heavy atom. The Morgan fingerprint density at radius 3 is 2.83 bits per heavy atom. The molecule has 35 heavy (non-hydrogen) atoms. The summed E-state index contributed by atoms with van der Waals surface area (Å²) in [5.74, 6) is 3.17. The molecule has 0 bridgehead atoms. The van der Waals surface area contributed by atoms with E-state index in [1.54, 1.807) is 25.6 Å². The van der Waals surface area contributed by atoms with Crippen LogP contribution in [-0.2, 0) is 4.79 Å². The summed E-state index contributed by atoms with van der Waals surface area (Å²) in [6.45, 7) is 1.81. The number of aromatic nitrogens is 4. The third-order valence-electron chi connectivity index (χ3n) is 7.26. The fraction of sp³-hybridized carbons (Fsp3) is 0.423. The van der Waals surface area contributed by atoms with Crippen LogP contribution in [0.5, 0.6) is 0 Å².